The number of aromatic amines is 1. The summed E-state index contributed by atoms with van der Waals surface area (Å²) >= 11 is 6.03. The van der Waals surface area contributed by atoms with E-state index in [2.05, 4.69) is 4.98 Å². The molecule has 0 radical (unpaired) electrons. The second-order valence-electron chi connectivity index (χ2n) is 5.56. The first-order chi connectivity index (χ1) is 10.8. The van der Waals surface area contributed by atoms with Crippen LogP contribution in [0.15, 0.2) is 18.2 Å². The molecule has 9 heteroatoms. The average molecular weight is 379 g/mol. The summed E-state index contributed by atoms with van der Waals surface area (Å²) in [6.07, 6.45) is -0.716. The number of piperidine rings is 1. The van der Waals surface area contributed by atoms with Gasteiger partial charge in [-0.05, 0) is 18.2 Å². The highest BCUT2D eigenvalue weighted by Gasteiger charge is 2.36. The highest BCUT2D eigenvalue weighted by molar-refractivity contribution is 6.35. The third-order valence-corrected chi connectivity index (χ3v) is 4.24. The van der Waals surface area contributed by atoms with Crippen LogP contribution in [0.5, 0.6) is 0 Å². The summed E-state index contributed by atoms with van der Waals surface area (Å²) in [6, 6.07) is 4.18. The Balaban J connectivity index is 0.00000208. The Bertz CT molecular complexity index is 797. The molecule has 1 saturated heterocycles. The van der Waals surface area contributed by atoms with Gasteiger partial charge in [-0.3, -0.25) is 4.79 Å². The molecule has 0 bridgehead atoms. The summed E-state index contributed by atoms with van der Waals surface area (Å²) in [7, 11) is 0. The molecule has 1 amide bonds. The van der Waals surface area contributed by atoms with Crippen LogP contribution in [0, 0.1) is 0 Å². The molecule has 0 atom stereocenters. The maximum atomic E-state index is 13.2. The minimum atomic E-state index is -2.73. The van der Waals surface area contributed by atoms with E-state index in [1.54, 1.807) is 0 Å². The standard InChI is InChI=1S/C15H13ClF2N2O3.ClH/c16-10-6-9(14(22)23)5-8-7-11(19-12(8)10)13(21)20-3-1-15(17,18)2-4-20;/h5-7,19H,1-4H2,(H,22,23);1H. The first kappa shape index (κ1) is 18.5. The number of hydrogen-bond donors (Lipinski definition) is 2. The van der Waals surface area contributed by atoms with Crippen molar-refractivity contribution in [2.24, 2.45) is 0 Å². The van der Waals surface area contributed by atoms with E-state index in [1.807, 2.05) is 0 Å². The van der Waals surface area contributed by atoms with Crippen LogP contribution in [0.3, 0.4) is 0 Å². The zero-order valence-corrected chi connectivity index (χ0v) is 13.9. The van der Waals surface area contributed by atoms with Gasteiger partial charge in [0.2, 0.25) is 0 Å². The van der Waals surface area contributed by atoms with E-state index in [0.29, 0.717) is 10.9 Å². The molecule has 0 spiro atoms. The van der Waals surface area contributed by atoms with Crippen molar-refractivity contribution < 1.29 is 23.5 Å². The number of nitrogens with one attached hydrogen (secondary N) is 1. The Morgan fingerprint density at radius 2 is 1.83 bits per heavy atom. The lowest BCUT2D eigenvalue weighted by molar-refractivity contribution is -0.0495. The molecule has 1 aliphatic heterocycles. The van der Waals surface area contributed by atoms with Gasteiger partial charge in [-0.25, -0.2) is 13.6 Å². The molecule has 5 nitrogen and oxygen atoms in total. The number of rotatable bonds is 2. The van der Waals surface area contributed by atoms with Gasteiger partial charge in [0.05, 0.1) is 16.1 Å². The van der Waals surface area contributed by atoms with Gasteiger partial charge in [0.1, 0.15) is 5.69 Å². The molecular weight excluding hydrogens is 365 g/mol. The highest BCUT2D eigenvalue weighted by Crippen LogP contribution is 2.30. The first-order valence-electron chi connectivity index (χ1n) is 6.99. The predicted octanol–water partition coefficient (Wildman–Crippen LogP) is 3.81. The molecule has 1 fully saturated rings. The fourth-order valence-corrected chi connectivity index (χ4v) is 2.92. The van der Waals surface area contributed by atoms with Crippen molar-refractivity contribution in [1.82, 2.24) is 9.88 Å². The van der Waals surface area contributed by atoms with E-state index >= 15 is 0 Å². The number of halogens is 4. The maximum Gasteiger partial charge on any atom is 0.335 e. The number of aromatic carboxylic acids is 1. The van der Waals surface area contributed by atoms with Crippen molar-refractivity contribution in [3.63, 3.8) is 0 Å². The number of carboxylic acids is 1. The third-order valence-electron chi connectivity index (χ3n) is 3.94. The summed E-state index contributed by atoms with van der Waals surface area (Å²) < 4.78 is 26.3. The number of fused-ring (bicyclic) bond motifs is 1. The number of carbonyl (C=O) groups excluding carboxylic acids is 1. The van der Waals surface area contributed by atoms with Crippen LogP contribution in [0.1, 0.15) is 33.7 Å². The molecule has 0 saturated carbocycles. The number of carboxylic acid groups (broad SMARTS) is 1. The van der Waals surface area contributed by atoms with Gasteiger partial charge in [0, 0.05) is 31.3 Å². The summed E-state index contributed by atoms with van der Waals surface area (Å²) in [4.78, 5) is 27.6. The van der Waals surface area contributed by atoms with Gasteiger partial charge in [0.15, 0.2) is 0 Å². The van der Waals surface area contributed by atoms with Crippen molar-refractivity contribution in [3.8, 4) is 0 Å². The second kappa shape index (κ2) is 6.57. The summed E-state index contributed by atoms with van der Waals surface area (Å²) in [6.45, 7) is -0.0371. The van der Waals surface area contributed by atoms with Crippen molar-refractivity contribution in [2.45, 2.75) is 18.8 Å². The van der Waals surface area contributed by atoms with Crippen LogP contribution in [0.4, 0.5) is 8.78 Å². The summed E-state index contributed by atoms with van der Waals surface area (Å²) in [5.74, 6) is -4.25. The maximum absolute atomic E-state index is 13.2. The number of hydrogen-bond acceptors (Lipinski definition) is 2. The van der Waals surface area contributed by atoms with E-state index in [0.717, 1.165) is 0 Å². The van der Waals surface area contributed by atoms with E-state index in [4.69, 9.17) is 16.7 Å². The zero-order valence-electron chi connectivity index (χ0n) is 12.3. The molecule has 2 N–H and O–H groups in total. The zero-order chi connectivity index (χ0) is 16.8. The Kier molecular flexibility index (Phi) is 5.05. The van der Waals surface area contributed by atoms with Crippen molar-refractivity contribution in [2.75, 3.05) is 13.1 Å². The van der Waals surface area contributed by atoms with E-state index in [1.165, 1.54) is 23.1 Å². The highest BCUT2D eigenvalue weighted by atomic mass is 35.5. The number of aromatic nitrogens is 1. The number of nitrogens with zero attached hydrogens (tertiary/aromatic N) is 1. The SMILES string of the molecule is Cl.O=C(O)c1cc(Cl)c2[nH]c(C(=O)N3CCC(F)(F)CC3)cc2c1. The van der Waals surface area contributed by atoms with E-state index < -0.39 is 17.8 Å². The second-order valence-corrected chi connectivity index (χ2v) is 5.97. The molecule has 1 aromatic carbocycles. The van der Waals surface area contributed by atoms with Crippen LogP contribution in [0.2, 0.25) is 5.02 Å². The molecule has 24 heavy (non-hydrogen) atoms. The van der Waals surface area contributed by atoms with Gasteiger partial charge in [-0.1, -0.05) is 11.6 Å². The number of H-pyrrole nitrogens is 1. The van der Waals surface area contributed by atoms with Gasteiger partial charge >= 0.3 is 5.97 Å². The molecule has 2 aromatic rings. The molecular formula is C15H14Cl2F2N2O3. The molecule has 130 valence electrons. The third kappa shape index (κ3) is 3.47. The van der Waals surface area contributed by atoms with Gasteiger partial charge in [-0.2, -0.15) is 0 Å². The van der Waals surface area contributed by atoms with E-state index in [-0.39, 0.29) is 54.6 Å². The fourth-order valence-electron chi connectivity index (χ4n) is 2.65. The van der Waals surface area contributed by atoms with Crippen LogP contribution in [-0.2, 0) is 0 Å². The first-order valence-corrected chi connectivity index (χ1v) is 7.37. The van der Waals surface area contributed by atoms with Crippen molar-refractivity contribution in [3.05, 3.63) is 34.5 Å². The summed E-state index contributed by atoms with van der Waals surface area (Å²) in [5.41, 5.74) is 0.662. The lowest BCUT2D eigenvalue weighted by Crippen LogP contribution is -2.42. The largest absolute Gasteiger partial charge is 0.478 e. The van der Waals surface area contributed by atoms with Crippen molar-refractivity contribution >= 4 is 46.8 Å². The van der Waals surface area contributed by atoms with Crippen molar-refractivity contribution in [1.29, 1.82) is 0 Å². The molecule has 3 rings (SSSR count). The molecule has 0 aliphatic carbocycles. The Hall–Kier alpha value is -1.86. The number of carbonyl (C=O) groups is 2. The minimum absolute atomic E-state index is 0. The topological polar surface area (TPSA) is 73.4 Å². The monoisotopic (exact) mass is 378 g/mol. The molecule has 2 heterocycles. The van der Waals surface area contributed by atoms with Gasteiger partial charge in [0.25, 0.3) is 11.8 Å². The Morgan fingerprint density at radius 3 is 2.42 bits per heavy atom. The average Bonchev–Trinajstić information content (AvgIpc) is 2.91. The molecule has 1 aliphatic rings. The quantitative estimate of drug-likeness (QED) is 0.834. The van der Waals surface area contributed by atoms with E-state index in [9.17, 15) is 18.4 Å². The number of benzene rings is 1. The van der Waals surface area contributed by atoms with Crippen LogP contribution in [-0.4, -0.2) is 45.9 Å². The minimum Gasteiger partial charge on any atom is -0.478 e. The normalized spacial score (nSPS) is 16.7. The van der Waals surface area contributed by atoms with Gasteiger partial charge < -0.3 is 15.0 Å². The fraction of sp³-hybridized carbons (Fsp3) is 0.333. The lowest BCUT2D eigenvalue weighted by atomic mass is 10.1. The molecule has 0 unspecified atom stereocenters. The number of alkyl halides is 2. The van der Waals surface area contributed by atoms with Crippen LogP contribution in [0.25, 0.3) is 10.9 Å². The smallest absolute Gasteiger partial charge is 0.335 e. The predicted molar refractivity (Wildman–Crippen MR) is 87.6 cm³/mol. The lowest BCUT2D eigenvalue weighted by Gasteiger charge is -2.31. The van der Waals surface area contributed by atoms with Crippen LogP contribution >= 0.6 is 24.0 Å². The number of amides is 1. The Morgan fingerprint density at radius 1 is 1.21 bits per heavy atom. The Labute approximate surface area is 147 Å². The van der Waals surface area contributed by atoms with Crippen LogP contribution < -0.4 is 0 Å². The van der Waals surface area contributed by atoms with Gasteiger partial charge in [-0.15, -0.1) is 12.4 Å². The number of likely N-dealkylation sites (tertiary alicyclic amines) is 1. The summed E-state index contributed by atoms with van der Waals surface area (Å²) in [5, 5.41) is 9.69. The molecule has 1 aromatic heterocycles.